The molecule has 3 rings (SSSR count). The van der Waals surface area contributed by atoms with Crippen molar-refractivity contribution in [3.05, 3.63) is 5.82 Å². The second-order valence-electron chi connectivity index (χ2n) is 5.84. The zero-order chi connectivity index (χ0) is 16.1. The van der Waals surface area contributed by atoms with Gasteiger partial charge < -0.3 is 19.7 Å². The van der Waals surface area contributed by atoms with Crippen LogP contribution in [0.1, 0.15) is 31.5 Å². The molecule has 0 spiro atoms. The molecule has 1 saturated heterocycles. The Morgan fingerprint density at radius 2 is 2.00 bits per heavy atom. The number of aromatic nitrogens is 3. The van der Waals surface area contributed by atoms with Crippen molar-refractivity contribution >= 4 is 11.9 Å². The van der Waals surface area contributed by atoms with Crippen LogP contribution in [0.3, 0.4) is 0 Å². The second kappa shape index (κ2) is 7.54. The fourth-order valence-electron chi connectivity index (χ4n) is 2.96. The first-order chi connectivity index (χ1) is 11.3. The molecule has 1 saturated carbocycles. The van der Waals surface area contributed by atoms with Gasteiger partial charge >= 0.3 is 6.01 Å². The Morgan fingerprint density at radius 1 is 1.26 bits per heavy atom. The quantitative estimate of drug-likeness (QED) is 0.845. The summed E-state index contributed by atoms with van der Waals surface area (Å²) in [6.07, 6.45) is 4.23. The van der Waals surface area contributed by atoms with E-state index >= 15 is 0 Å². The third-order valence-electron chi connectivity index (χ3n) is 4.27. The van der Waals surface area contributed by atoms with E-state index in [1.165, 1.54) is 7.11 Å². The highest BCUT2D eigenvalue weighted by molar-refractivity contribution is 5.78. The van der Waals surface area contributed by atoms with Crippen LogP contribution in [0.2, 0.25) is 0 Å². The minimum atomic E-state index is 0.0924. The Hall–Kier alpha value is -1.96. The van der Waals surface area contributed by atoms with E-state index in [9.17, 15) is 4.79 Å². The highest BCUT2D eigenvalue weighted by Gasteiger charge is 2.23. The molecule has 126 valence electrons. The monoisotopic (exact) mass is 321 g/mol. The molecule has 1 aliphatic heterocycles. The molecule has 0 aromatic carbocycles. The van der Waals surface area contributed by atoms with Crippen LogP contribution < -0.4 is 15.0 Å². The number of carbonyl (C=O) groups is 1. The lowest BCUT2D eigenvalue weighted by Gasteiger charge is -2.26. The van der Waals surface area contributed by atoms with E-state index in [1.54, 1.807) is 0 Å². The van der Waals surface area contributed by atoms with Crippen molar-refractivity contribution in [2.45, 2.75) is 32.2 Å². The van der Waals surface area contributed by atoms with Gasteiger partial charge in [0.25, 0.3) is 0 Å². The zero-order valence-electron chi connectivity index (χ0n) is 13.5. The first kappa shape index (κ1) is 15.9. The molecule has 2 fully saturated rings. The molecule has 1 N–H and O–H groups in total. The van der Waals surface area contributed by atoms with Crippen LogP contribution in [0.5, 0.6) is 6.01 Å². The van der Waals surface area contributed by atoms with Gasteiger partial charge in [-0.05, 0) is 12.8 Å². The number of hydrogen-bond acceptors (Lipinski definition) is 7. The van der Waals surface area contributed by atoms with E-state index in [4.69, 9.17) is 9.47 Å². The van der Waals surface area contributed by atoms with Crippen LogP contribution in [0.4, 0.5) is 5.95 Å². The number of morpholine rings is 1. The standard InChI is InChI=1S/C15H23N5O3/c1-22-15-18-12(10-16-13(21)11-4-2-3-5-11)17-14(19-15)20-6-8-23-9-7-20/h11H,2-10H2,1H3,(H,16,21). The highest BCUT2D eigenvalue weighted by atomic mass is 16.5. The van der Waals surface area contributed by atoms with Gasteiger partial charge in [-0.15, -0.1) is 0 Å². The van der Waals surface area contributed by atoms with Crippen molar-refractivity contribution in [3.8, 4) is 6.01 Å². The first-order valence-electron chi connectivity index (χ1n) is 8.15. The number of rotatable bonds is 5. The number of amides is 1. The lowest BCUT2D eigenvalue weighted by molar-refractivity contribution is -0.125. The van der Waals surface area contributed by atoms with Gasteiger partial charge in [0, 0.05) is 19.0 Å². The molecule has 0 bridgehead atoms. The molecule has 1 aliphatic carbocycles. The van der Waals surface area contributed by atoms with Crippen molar-refractivity contribution in [3.63, 3.8) is 0 Å². The Balaban J connectivity index is 1.66. The van der Waals surface area contributed by atoms with Gasteiger partial charge in [-0.1, -0.05) is 12.8 Å². The van der Waals surface area contributed by atoms with Crippen molar-refractivity contribution in [1.82, 2.24) is 20.3 Å². The molecule has 0 radical (unpaired) electrons. The maximum absolute atomic E-state index is 12.1. The minimum Gasteiger partial charge on any atom is -0.467 e. The molecule has 2 aliphatic rings. The summed E-state index contributed by atoms with van der Waals surface area (Å²) in [6, 6.07) is 0.270. The van der Waals surface area contributed by atoms with Crippen molar-refractivity contribution < 1.29 is 14.3 Å². The summed E-state index contributed by atoms with van der Waals surface area (Å²) in [5, 5.41) is 2.93. The topological polar surface area (TPSA) is 89.5 Å². The van der Waals surface area contributed by atoms with E-state index in [2.05, 4.69) is 20.3 Å². The number of anilines is 1. The number of nitrogens with one attached hydrogen (secondary N) is 1. The van der Waals surface area contributed by atoms with Crippen molar-refractivity contribution in [1.29, 1.82) is 0 Å². The molecule has 1 aromatic heterocycles. The number of ether oxygens (including phenoxy) is 2. The van der Waals surface area contributed by atoms with Crippen LogP contribution in [0, 0.1) is 5.92 Å². The molecule has 23 heavy (non-hydrogen) atoms. The first-order valence-corrected chi connectivity index (χ1v) is 8.15. The van der Waals surface area contributed by atoms with Crippen LogP contribution >= 0.6 is 0 Å². The lowest BCUT2D eigenvalue weighted by atomic mass is 10.1. The van der Waals surface area contributed by atoms with Crippen LogP contribution in [0.15, 0.2) is 0 Å². The summed E-state index contributed by atoms with van der Waals surface area (Å²) < 4.78 is 10.5. The SMILES string of the molecule is COc1nc(CNC(=O)C2CCCC2)nc(N2CCOCC2)n1. The average Bonchev–Trinajstić information content (AvgIpc) is 3.15. The molecule has 1 amide bonds. The summed E-state index contributed by atoms with van der Waals surface area (Å²) in [5.74, 6) is 1.32. The fraction of sp³-hybridized carbons (Fsp3) is 0.733. The van der Waals surface area contributed by atoms with E-state index < -0.39 is 0 Å². The third kappa shape index (κ3) is 4.07. The fourth-order valence-corrected chi connectivity index (χ4v) is 2.96. The Morgan fingerprint density at radius 3 is 2.70 bits per heavy atom. The van der Waals surface area contributed by atoms with E-state index in [-0.39, 0.29) is 17.8 Å². The highest BCUT2D eigenvalue weighted by Crippen LogP contribution is 2.24. The number of hydrogen-bond donors (Lipinski definition) is 1. The average molecular weight is 321 g/mol. The predicted octanol–water partition coefficient (Wildman–Crippen LogP) is 0.523. The van der Waals surface area contributed by atoms with Gasteiger partial charge in [0.05, 0.1) is 26.9 Å². The van der Waals surface area contributed by atoms with Gasteiger partial charge in [0.1, 0.15) is 0 Å². The molecule has 8 nitrogen and oxygen atoms in total. The summed E-state index contributed by atoms with van der Waals surface area (Å²) >= 11 is 0. The van der Waals surface area contributed by atoms with Gasteiger partial charge in [0.2, 0.25) is 11.9 Å². The van der Waals surface area contributed by atoms with Gasteiger partial charge in [-0.3, -0.25) is 4.79 Å². The molecule has 8 heteroatoms. The Bertz CT molecular complexity index is 542. The zero-order valence-corrected chi connectivity index (χ0v) is 13.5. The van der Waals surface area contributed by atoms with E-state index in [0.29, 0.717) is 31.5 Å². The summed E-state index contributed by atoms with van der Waals surface area (Å²) in [4.78, 5) is 27.1. The molecule has 2 heterocycles. The Kier molecular flexibility index (Phi) is 5.22. The van der Waals surface area contributed by atoms with Crippen LogP contribution in [0.25, 0.3) is 0 Å². The molecular weight excluding hydrogens is 298 g/mol. The largest absolute Gasteiger partial charge is 0.467 e. The number of carbonyl (C=O) groups excluding carboxylic acids is 1. The summed E-state index contributed by atoms with van der Waals surface area (Å²) in [6.45, 7) is 3.08. The predicted molar refractivity (Wildman–Crippen MR) is 83.2 cm³/mol. The van der Waals surface area contributed by atoms with Crippen LogP contribution in [-0.2, 0) is 16.1 Å². The van der Waals surface area contributed by atoms with Crippen LogP contribution in [-0.4, -0.2) is 54.3 Å². The third-order valence-corrected chi connectivity index (χ3v) is 4.27. The second-order valence-corrected chi connectivity index (χ2v) is 5.84. The number of methoxy groups -OCH3 is 1. The molecule has 1 aromatic rings. The number of nitrogens with zero attached hydrogens (tertiary/aromatic N) is 4. The van der Waals surface area contributed by atoms with Gasteiger partial charge in [0.15, 0.2) is 5.82 Å². The minimum absolute atomic E-state index is 0.0924. The van der Waals surface area contributed by atoms with Crippen molar-refractivity contribution in [2.75, 3.05) is 38.3 Å². The smallest absolute Gasteiger partial charge is 0.321 e. The summed E-state index contributed by atoms with van der Waals surface area (Å²) in [5.41, 5.74) is 0. The summed E-state index contributed by atoms with van der Waals surface area (Å²) in [7, 11) is 1.53. The maximum atomic E-state index is 12.1. The lowest BCUT2D eigenvalue weighted by Crippen LogP contribution is -2.38. The maximum Gasteiger partial charge on any atom is 0.321 e. The molecule has 0 atom stereocenters. The van der Waals surface area contributed by atoms with E-state index in [1.807, 2.05) is 4.90 Å². The Labute approximate surface area is 135 Å². The van der Waals surface area contributed by atoms with Crippen molar-refractivity contribution in [2.24, 2.45) is 5.92 Å². The molecular formula is C15H23N5O3. The van der Waals surface area contributed by atoms with Gasteiger partial charge in [-0.2, -0.15) is 15.0 Å². The van der Waals surface area contributed by atoms with Gasteiger partial charge in [-0.25, -0.2) is 0 Å². The van der Waals surface area contributed by atoms with E-state index in [0.717, 1.165) is 38.8 Å². The molecule has 0 unspecified atom stereocenters. The normalized spacial score (nSPS) is 18.9.